The van der Waals surface area contributed by atoms with E-state index in [9.17, 15) is 5.11 Å². The molecule has 1 aromatic rings. The van der Waals surface area contributed by atoms with Gasteiger partial charge in [-0.15, -0.1) is 0 Å². The second-order valence-corrected chi connectivity index (χ2v) is 7.96. The van der Waals surface area contributed by atoms with E-state index in [4.69, 9.17) is 11.6 Å². The number of aliphatic hydroxyl groups is 1. The number of nitrogens with zero attached hydrogens (tertiary/aromatic N) is 1. The second-order valence-electron chi connectivity index (χ2n) is 6.64. The number of rotatable bonds is 4. The van der Waals surface area contributed by atoms with Crippen molar-refractivity contribution in [1.82, 2.24) is 4.90 Å². The van der Waals surface area contributed by atoms with E-state index in [-0.39, 0.29) is 5.54 Å². The third kappa shape index (κ3) is 3.82. The minimum atomic E-state index is -0.390. The molecule has 2 rings (SSSR count). The van der Waals surface area contributed by atoms with Crippen molar-refractivity contribution in [2.45, 2.75) is 50.7 Å². The van der Waals surface area contributed by atoms with E-state index in [1.165, 1.54) is 12.8 Å². The van der Waals surface area contributed by atoms with Gasteiger partial charge in [-0.1, -0.05) is 40.5 Å². The maximum Gasteiger partial charge on any atom is 0.0764 e. The molecule has 1 atom stereocenters. The maximum absolute atomic E-state index is 10.9. The van der Waals surface area contributed by atoms with Gasteiger partial charge in [0.2, 0.25) is 0 Å². The van der Waals surface area contributed by atoms with Crippen LogP contribution in [0, 0.1) is 5.92 Å². The molecule has 2 nitrogen and oxygen atoms in total. The third-order valence-electron chi connectivity index (χ3n) is 5.08. The van der Waals surface area contributed by atoms with Crippen LogP contribution >= 0.6 is 27.5 Å². The lowest BCUT2D eigenvalue weighted by molar-refractivity contribution is -0.0382. The fourth-order valence-electron chi connectivity index (χ4n) is 3.43. The Balaban J connectivity index is 2.17. The van der Waals surface area contributed by atoms with Gasteiger partial charge in [-0.05, 0) is 63.4 Å². The lowest BCUT2D eigenvalue weighted by Crippen LogP contribution is -2.56. The smallest absolute Gasteiger partial charge is 0.0764 e. The zero-order chi connectivity index (χ0) is 15.6. The van der Waals surface area contributed by atoms with Crippen LogP contribution in [0.4, 0.5) is 0 Å². The van der Waals surface area contributed by atoms with Gasteiger partial charge in [-0.25, -0.2) is 0 Å². The molecular weight excluding hydrogens is 350 g/mol. The molecular formula is C17H25BrClNO. The largest absolute Gasteiger partial charge is 0.391 e. The summed E-state index contributed by atoms with van der Waals surface area (Å²) in [5, 5.41) is 11.6. The maximum atomic E-state index is 10.9. The van der Waals surface area contributed by atoms with Gasteiger partial charge in [0.15, 0.2) is 0 Å². The number of benzene rings is 1. The van der Waals surface area contributed by atoms with E-state index < -0.39 is 6.10 Å². The minimum absolute atomic E-state index is 0.122. The van der Waals surface area contributed by atoms with Crippen LogP contribution in [0.5, 0.6) is 0 Å². The Labute approximate surface area is 141 Å². The van der Waals surface area contributed by atoms with E-state index in [0.717, 1.165) is 33.8 Å². The van der Waals surface area contributed by atoms with Crippen molar-refractivity contribution < 1.29 is 5.11 Å². The molecule has 1 aliphatic rings. The fraction of sp³-hybridized carbons (Fsp3) is 0.647. The predicted octanol–water partition coefficient (Wildman–Crippen LogP) is 4.52. The Bertz CT molecular complexity index is 484. The molecule has 0 amide bonds. The first kappa shape index (κ1) is 17.3. The first-order valence-electron chi connectivity index (χ1n) is 7.64. The van der Waals surface area contributed by atoms with Crippen molar-refractivity contribution >= 4 is 27.5 Å². The summed E-state index contributed by atoms with van der Waals surface area (Å²) in [4.78, 5) is 2.22. The summed E-state index contributed by atoms with van der Waals surface area (Å²) in [5.74, 6) is 0.765. The van der Waals surface area contributed by atoms with Crippen LogP contribution < -0.4 is 0 Å². The molecule has 0 radical (unpaired) electrons. The van der Waals surface area contributed by atoms with E-state index >= 15 is 0 Å². The first-order valence-corrected chi connectivity index (χ1v) is 8.81. The normalized spacial score (nSPS) is 27.9. The zero-order valence-electron chi connectivity index (χ0n) is 13.1. The average molecular weight is 375 g/mol. The molecule has 0 aliphatic heterocycles. The van der Waals surface area contributed by atoms with Crippen LogP contribution in [0.3, 0.4) is 0 Å². The van der Waals surface area contributed by atoms with Gasteiger partial charge in [0.05, 0.1) is 6.10 Å². The molecule has 1 unspecified atom stereocenters. The Morgan fingerprint density at radius 1 is 1.38 bits per heavy atom. The molecule has 0 heterocycles. The van der Waals surface area contributed by atoms with Crippen molar-refractivity contribution in [1.29, 1.82) is 0 Å². The number of hydrogen-bond donors (Lipinski definition) is 1. The Kier molecular flexibility index (Phi) is 5.75. The van der Waals surface area contributed by atoms with Crippen molar-refractivity contribution in [2.24, 2.45) is 5.92 Å². The van der Waals surface area contributed by atoms with Gasteiger partial charge in [-0.2, -0.15) is 0 Å². The van der Waals surface area contributed by atoms with Gasteiger partial charge in [0, 0.05) is 21.5 Å². The Morgan fingerprint density at radius 2 is 2.00 bits per heavy atom. The van der Waals surface area contributed by atoms with E-state index in [1.54, 1.807) is 0 Å². The van der Waals surface area contributed by atoms with Crippen molar-refractivity contribution in [3.63, 3.8) is 0 Å². The number of likely N-dealkylation sites (N-methyl/N-ethyl adjacent to an activating group) is 1. The average Bonchev–Trinajstić information content (AvgIpc) is 2.42. The van der Waals surface area contributed by atoms with Crippen LogP contribution in [-0.2, 0) is 6.42 Å². The number of aliphatic hydroxyl groups excluding tert-OH is 1. The highest BCUT2D eigenvalue weighted by Crippen LogP contribution is 2.39. The second kappa shape index (κ2) is 6.99. The highest BCUT2D eigenvalue weighted by molar-refractivity contribution is 9.10. The van der Waals surface area contributed by atoms with Crippen LogP contribution in [0.2, 0.25) is 5.02 Å². The Hall–Kier alpha value is -0.0900. The summed E-state index contributed by atoms with van der Waals surface area (Å²) < 4.78 is 0.972. The SMILES string of the molecule is CC1CCC(C(O)Cc2ccc(Br)cc2Cl)(N(C)C)CC1. The molecule has 1 N–H and O–H groups in total. The summed E-state index contributed by atoms with van der Waals surface area (Å²) in [6.07, 6.45) is 4.69. The van der Waals surface area contributed by atoms with Crippen LogP contribution in [0.25, 0.3) is 0 Å². The summed E-state index contributed by atoms with van der Waals surface area (Å²) in [6, 6.07) is 5.89. The van der Waals surface area contributed by atoms with E-state index in [2.05, 4.69) is 41.8 Å². The van der Waals surface area contributed by atoms with Gasteiger partial charge >= 0.3 is 0 Å². The predicted molar refractivity (Wildman–Crippen MR) is 92.9 cm³/mol. The highest BCUT2D eigenvalue weighted by atomic mass is 79.9. The standard InChI is InChI=1S/C17H25BrClNO/c1-12-6-8-17(9-7-12,20(2)3)16(21)10-13-4-5-14(18)11-15(13)19/h4-5,11-12,16,21H,6-10H2,1-3H3. The minimum Gasteiger partial charge on any atom is -0.391 e. The molecule has 21 heavy (non-hydrogen) atoms. The lowest BCUT2D eigenvalue weighted by Gasteiger charge is -2.48. The molecule has 118 valence electrons. The van der Waals surface area contributed by atoms with Crippen molar-refractivity contribution in [3.05, 3.63) is 33.3 Å². The summed E-state index contributed by atoms with van der Waals surface area (Å²) in [7, 11) is 4.17. The zero-order valence-corrected chi connectivity index (χ0v) is 15.4. The van der Waals surface area contributed by atoms with Crippen LogP contribution in [0.15, 0.2) is 22.7 Å². The monoisotopic (exact) mass is 373 g/mol. The van der Waals surface area contributed by atoms with Crippen LogP contribution in [0.1, 0.15) is 38.2 Å². The summed E-state index contributed by atoms with van der Waals surface area (Å²) in [6.45, 7) is 2.30. The topological polar surface area (TPSA) is 23.5 Å². The Morgan fingerprint density at radius 3 is 2.52 bits per heavy atom. The van der Waals surface area contributed by atoms with E-state index in [0.29, 0.717) is 6.42 Å². The molecule has 1 aromatic carbocycles. The number of halogens is 2. The van der Waals surface area contributed by atoms with Gasteiger partial charge in [-0.3, -0.25) is 0 Å². The summed E-state index contributed by atoms with van der Waals surface area (Å²) in [5.41, 5.74) is 0.898. The number of hydrogen-bond acceptors (Lipinski definition) is 2. The van der Waals surface area contributed by atoms with Crippen molar-refractivity contribution in [2.75, 3.05) is 14.1 Å². The van der Waals surface area contributed by atoms with Gasteiger partial charge in [0.25, 0.3) is 0 Å². The highest BCUT2D eigenvalue weighted by Gasteiger charge is 2.42. The van der Waals surface area contributed by atoms with E-state index in [1.807, 2.05) is 18.2 Å². The third-order valence-corrected chi connectivity index (χ3v) is 5.92. The summed E-state index contributed by atoms with van der Waals surface area (Å²) >= 11 is 9.73. The molecule has 0 saturated heterocycles. The molecule has 4 heteroatoms. The first-order chi connectivity index (χ1) is 9.85. The quantitative estimate of drug-likeness (QED) is 0.837. The lowest BCUT2D eigenvalue weighted by atomic mass is 9.72. The molecule has 1 saturated carbocycles. The van der Waals surface area contributed by atoms with Gasteiger partial charge < -0.3 is 10.0 Å². The van der Waals surface area contributed by atoms with Gasteiger partial charge in [0.1, 0.15) is 0 Å². The van der Waals surface area contributed by atoms with Crippen LogP contribution in [-0.4, -0.2) is 35.7 Å². The molecule has 1 aliphatic carbocycles. The molecule has 0 bridgehead atoms. The molecule has 1 fully saturated rings. The van der Waals surface area contributed by atoms with Crippen molar-refractivity contribution in [3.8, 4) is 0 Å². The molecule has 0 aromatic heterocycles. The fourth-order valence-corrected chi connectivity index (χ4v) is 4.18. The molecule has 0 spiro atoms.